The van der Waals surface area contributed by atoms with E-state index in [9.17, 15) is 14.7 Å². The smallest absolute Gasteiger partial charge is 0.326 e. The molecule has 2 aliphatic heterocycles. The number of rotatable bonds is 5. The van der Waals surface area contributed by atoms with Crippen LogP contribution in [0.4, 0.5) is 0 Å². The second-order valence-corrected chi connectivity index (χ2v) is 5.71. The molecule has 2 N–H and O–H groups in total. The summed E-state index contributed by atoms with van der Waals surface area (Å²) in [5.41, 5.74) is 0. The number of amides is 1. The van der Waals surface area contributed by atoms with E-state index < -0.39 is 12.0 Å². The number of ether oxygens (including phenoxy) is 1. The maximum Gasteiger partial charge on any atom is 0.326 e. The number of nitrogens with one attached hydrogen (secondary N) is 1. The van der Waals surface area contributed by atoms with Crippen LogP contribution in [-0.4, -0.2) is 60.3 Å². The molecule has 0 spiro atoms. The van der Waals surface area contributed by atoms with E-state index in [0.717, 1.165) is 32.4 Å². The normalized spacial score (nSPS) is 27.8. The molecular weight excluding hydrogens is 260 g/mol. The minimum absolute atomic E-state index is 0.0294. The average Bonchev–Trinajstić information content (AvgIpc) is 2.82. The molecule has 0 saturated carbocycles. The molecule has 0 bridgehead atoms. The number of carbonyl (C=O) groups excluding carboxylic acids is 1. The third kappa shape index (κ3) is 3.70. The topological polar surface area (TPSA) is 78.9 Å². The first-order valence-electron chi connectivity index (χ1n) is 7.44. The number of nitrogens with zero attached hydrogens (tertiary/aromatic N) is 1. The van der Waals surface area contributed by atoms with Crippen molar-refractivity contribution in [3.8, 4) is 0 Å². The van der Waals surface area contributed by atoms with Crippen LogP contribution in [0.2, 0.25) is 0 Å². The molecule has 20 heavy (non-hydrogen) atoms. The van der Waals surface area contributed by atoms with Crippen LogP contribution in [0, 0.1) is 5.92 Å². The molecule has 1 amide bonds. The number of carbonyl (C=O) groups is 2. The molecule has 2 atom stereocenters. The lowest BCUT2D eigenvalue weighted by atomic mass is 10.0. The van der Waals surface area contributed by atoms with Gasteiger partial charge in [-0.1, -0.05) is 6.92 Å². The molecule has 0 aliphatic carbocycles. The minimum atomic E-state index is -0.900. The lowest BCUT2D eigenvalue weighted by Gasteiger charge is -2.25. The van der Waals surface area contributed by atoms with Crippen LogP contribution in [-0.2, 0) is 14.3 Å². The van der Waals surface area contributed by atoms with E-state index in [0.29, 0.717) is 13.2 Å². The average molecular weight is 284 g/mol. The molecule has 2 unspecified atom stereocenters. The van der Waals surface area contributed by atoms with Crippen molar-refractivity contribution in [3.05, 3.63) is 0 Å². The minimum Gasteiger partial charge on any atom is -0.480 e. The summed E-state index contributed by atoms with van der Waals surface area (Å²) in [5, 5.41) is 12.5. The number of hydrogen-bond acceptors (Lipinski definition) is 4. The predicted molar refractivity (Wildman–Crippen MR) is 73.4 cm³/mol. The molecule has 2 rings (SSSR count). The Morgan fingerprint density at radius 2 is 2.00 bits per heavy atom. The van der Waals surface area contributed by atoms with Gasteiger partial charge in [0.25, 0.3) is 0 Å². The number of likely N-dealkylation sites (tertiary alicyclic amines) is 1. The summed E-state index contributed by atoms with van der Waals surface area (Å²) in [7, 11) is 0. The number of carboxylic acids is 1. The summed E-state index contributed by atoms with van der Waals surface area (Å²) in [5.74, 6) is -0.972. The highest BCUT2D eigenvalue weighted by atomic mass is 16.5. The highest BCUT2D eigenvalue weighted by molar-refractivity contribution is 5.84. The summed E-state index contributed by atoms with van der Waals surface area (Å²) in [6.45, 7) is 4.75. The van der Waals surface area contributed by atoms with Crippen molar-refractivity contribution in [2.45, 2.75) is 44.8 Å². The fourth-order valence-electron chi connectivity index (χ4n) is 3.02. The molecule has 114 valence electrons. The van der Waals surface area contributed by atoms with Crippen LogP contribution in [0.3, 0.4) is 0 Å². The first-order chi connectivity index (χ1) is 9.59. The summed E-state index contributed by atoms with van der Waals surface area (Å²) >= 11 is 0. The first kappa shape index (κ1) is 15.3. The molecule has 6 nitrogen and oxygen atoms in total. The fraction of sp³-hybridized carbons (Fsp3) is 0.857. The molecule has 6 heteroatoms. The molecule has 0 aromatic rings. The van der Waals surface area contributed by atoms with E-state index in [1.807, 2.05) is 6.92 Å². The largest absolute Gasteiger partial charge is 0.480 e. The third-order valence-corrected chi connectivity index (χ3v) is 4.23. The van der Waals surface area contributed by atoms with Gasteiger partial charge in [0.1, 0.15) is 6.04 Å². The Labute approximate surface area is 119 Å². The van der Waals surface area contributed by atoms with Gasteiger partial charge in [-0.15, -0.1) is 0 Å². The van der Waals surface area contributed by atoms with Gasteiger partial charge < -0.3 is 20.1 Å². The number of aliphatic carboxylic acids is 1. The van der Waals surface area contributed by atoms with E-state index in [2.05, 4.69) is 5.32 Å². The molecule has 0 aromatic heterocycles. The maximum absolute atomic E-state index is 12.1. The number of hydrogen-bond donors (Lipinski definition) is 2. The van der Waals surface area contributed by atoms with Gasteiger partial charge in [-0.05, 0) is 38.3 Å². The first-order valence-corrected chi connectivity index (χ1v) is 7.44. The van der Waals surface area contributed by atoms with E-state index in [4.69, 9.17) is 4.74 Å². The van der Waals surface area contributed by atoms with Crippen molar-refractivity contribution in [2.75, 3.05) is 26.2 Å². The molecular formula is C14H24N2O4. The van der Waals surface area contributed by atoms with Crippen molar-refractivity contribution >= 4 is 11.9 Å². The van der Waals surface area contributed by atoms with Crippen LogP contribution in [0.25, 0.3) is 0 Å². The van der Waals surface area contributed by atoms with Gasteiger partial charge in [0, 0.05) is 6.54 Å². The Morgan fingerprint density at radius 3 is 2.65 bits per heavy atom. The van der Waals surface area contributed by atoms with Gasteiger partial charge in [-0.2, -0.15) is 0 Å². The van der Waals surface area contributed by atoms with Crippen LogP contribution in [0.5, 0.6) is 0 Å². The summed E-state index contributed by atoms with van der Waals surface area (Å²) in [6.07, 6.45) is 3.23. The van der Waals surface area contributed by atoms with Crippen molar-refractivity contribution in [1.82, 2.24) is 10.2 Å². The van der Waals surface area contributed by atoms with Gasteiger partial charge >= 0.3 is 5.97 Å². The van der Waals surface area contributed by atoms with Gasteiger partial charge in [-0.25, -0.2) is 4.79 Å². The van der Waals surface area contributed by atoms with Crippen LogP contribution in [0.15, 0.2) is 0 Å². The van der Waals surface area contributed by atoms with Gasteiger partial charge in [0.15, 0.2) is 0 Å². The monoisotopic (exact) mass is 284 g/mol. The molecule has 0 radical (unpaired) electrons. The summed E-state index contributed by atoms with van der Waals surface area (Å²) in [4.78, 5) is 24.8. The summed E-state index contributed by atoms with van der Waals surface area (Å²) < 4.78 is 5.70. The van der Waals surface area contributed by atoms with Gasteiger partial charge in [0.2, 0.25) is 5.91 Å². The standard InChI is InChI=1S/C14H24N2O4/c1-10-4-8-16(13(10)14(18)19)12(17)5-9-20-11-2-6-15-7-3-11/h10-11,13,15H,2-9H2,1H3,(H,18,19). The molecule has 0 aromatic carbocycles. The Balaban J connectivity index is 1.75. The van der Waals surface area contributed by atoms with Gasteiger partial charge in [-0.3, -0.25) is 4.79 Å². The summed E-state index contributed by atoms with van der Waals surface area (Å²) in [6, 6.07) is -0.665. The number of carboxylic acid groups (broad SMARTS) is 1. The predicted octanol–water partition coefficient (Wildman–Crippen LogP) is 0.467. The Hall–Kier alpha value is -1.14. The zero-order valence-corrected chi connectivity index (χ0v) is 12.0. The van der Waals surface area contributed by atoms with E-state index >= 15 is 0 Å². The lowest BCUT2D eigenvalue weighted by Crippen LogP contribution is -2.43. The Kier molecular flexibility index (Phi) is 5.37. The van der Waals surface area contributed by atoms with Crippen LogP contribution >= 0.6 is 0 Å². The molecule has 2 fully saturated rings. The van der Waals surface area contributed by atoms with Gasteiger partial charge in [0.05, 0.1) is 19.1 Å². The Bertz CT molecular complexity index is 355. The zero-order chi connectivity index (χ0) is 14.5. The van der Waals surface area contributed by atoms with Crippen molar-refractivity contribution in [3.63, 3.8) is 0 Å². The highest BCUT2D eigenvalue weighted by Crippen LogP contribution is 2.24. The molecule has 2 saturated heterocycles. The zero-order valence-electron chi connectivity index (χ0n) is 12.0. The van der Waals surface area contributed by atoms with E-state index in [1.54, 1.807) is 0 Å². The lowest BCUT2D eigenvalue weighted by molar-refractivity contribution is -0.150. The SMILES string of the molecule is CC1CCN(C(=O)CCOC2CCNCC2)C1C(=O)O. The fourth-order valence-corrected chi connectivity index (χ4v) is 3.02. The van der Waals surface area contributed by atoms with E-state index in [1.165, 1.54) is 4.90 Å². The van der Waals surface area contributed by atoms with Crippen LogP contribution in [0.1, 0.15) is 32.6 Å². The van der Waals surface area contributed by atoms with E-state index in [-0.39, 0.29) is 24.3 Å². The Morgan fingerprint density at radius 1 is 1.30 bits per heavy atom. The second kappa shape index (κ2) is 7.04. The third-order valence-electron chi connectivity index (χ3n) is 4.23. The molecule has 2 aliphatic rings. The highest BCUT2D eigenvalue weighted by Gasteiger charge is 2.39. The van der Waals surface area contributed by atoms with Crippen molar-refractivity contribution in [1.29, 1.82) is 0 Å². The quantitative estimate of drug-likeness (QED) is 0.767. The van der Waals surface area contributed by atoms with Crippen molar-refractivity contribution in [2.24, 2.45) is 5.92 Å². The number of piperidine rings is 1. The van der Waals surface area contributed by atoms with Crippen LogP contribution < -0.4 is 5.32 Å². The van der Waals surface area contributed by atoms with Crippen molar-refractivity contribution < 1.29 is 19.4 Å². The molecule has 2 heterocycles. The maximum atomic E-state index is 12.1. The second-order valence-electron chi connectivity index (χ2n) is 5.71.